The number of piperidine rings is 1. The van der Waals surface area contributed by atoms with E-state index in [0.29, 0.717) is 30.6 Å². The van der Waals surface area contributed by atoms with Crippen LogP contribution in [0.2, 0.25) is 0 Å². The molecule has 3 aliphatic heterocycles. The molecule has 28 heavy (non-hydrogen) atoms. The highest BCUT2D eigenvalue weighted by Crippen LogP contribution is 2.29. The summed E-state index contributed by atoms with van der Waals surface area (Å²) in [4.78, 5) is 30.5. The molecule has 2 bridgehead atoms. The van der Waals surface area contributed by atoms with Gasteiger partial charge in [0, 0.05) is 44.5 Å². The first-order valence-electron chi connectivity index (χ1n) is 10.3. The lowest BCUT2D eigenvalue weighted by Gasteiger charge is -2.36. The van der Waals surface area contributed by atoms with E-state index in [2.05, 4.69) is 29.2 Å². The predicted molar refractivity (Wildman–Crippen MR) is 110 cm³/mol. The number of carbonyl (C=O) groups is 1. The third kappa shape index (κ3) is 3.63. The number of benzene rings is 1. The van der Waals surface area contributed by atoms with Crippen molar-refractivity contribution in [2.75, 3.05) is 19.6 Å². The SMILES string of the molecule is CCn1c(C)ccc(C(=O)N2CC3CCC(C2)N(Cc2ccccc2)C3)c1=O. The quantitative estimate of drug-likeness (QED) is 0.821. The van der Waals surface area contributed by atoms with Crippen LogP contribution in [0.1, 0.15) is 41.4 Å². The number of hydrogen-bond donors (Lipinski definition) is 0. The van der Waals surface area contributed by atoms with Crippen molar-refractivity contribution in [2.45, 2.75) is 45.8 Å². The smallest absolute Gasteiger partial charge is 0.263 e. The molecule has 1 aromatic carbocycles. The lowest BCUT2D eigenvalue weighted by molar-refractivity contribution is 0.0733. The van der Waals surface area contributed by atoms with Crippen molar-refractivity contribution in [3.8, 4) is 0 Å². The Morgan fingerprint density at radius 1 is 1.04 bits per heavy atom. The van der Waals surface area contributed by atoms with Crippen LogP contribution in [0.5, 0.6) is 0 Å². The second kappa shape index (κ2) is 7.92. The Labute approximate surface area is 166 Å². The fourth-order valence-electron chi connectivity index (χ4n) is 4.75. The van der Waals surface area contributed by atoms with E-state index in [-0.39, 0.29) is 11.5 Å². The van der Waals surface area contributed by atoms with Gasteiger partial charge in [0.05, 0.1) is 0 Å². The second-order valence-corrected chi connectivity index (χ2v) is 8.16. The number of amides is 1. The summed E-state index contributed by atoms with van der Waals surface area (Å²) < 4.78 is 1.68. The van der Waals surface area contributed by atoms with Gasteiger partial charge in [0.1, 0.15) is 5.56 Å². The zero-order valence-electron chi connectivity index (χ0n) is 16.8. The second-order valence-electron chi connectivity index (χ2n) is 8.16. The molecular weight excluding hydrogens is 350 g/mol. The summed E-state index contributed by atoms with van der Waals surface area (Å²) in [5, 5.41) is 0. The van der Waals surface area contributed by atoms with Crippen molar-refractivity contribution in [3.05, 3.63) is 69.6 Å². The fraction of sp³-hybridized carbons (Fsp3) is 0.478. The van der Waals surface area contributed by atoms with E-state index in [4.69, 9.17) is 0 Å². The molecule has 0 aliphatic carbocycles. The Morgan fingerprint density at radius 3 is 2.57 bits per heavy atom. The number of aryl methyl sites for hydroxylation is 1. The Hall–Kier alpha value is -2.40. The van der Waals surface area contributed by atoms with Crippen LogP contribution in [-0.4, -0.2) is 46.0 Å². The summed E-state index contributed by atoms with van der Waals surface area (Å²) >= 11 is 0. The monoisotopic (exact) mass is 379 g/mol. The van der Waals surface area contributed by atoms with Crippen LogP contribution in [0.3, 0.4) is 0 Å². The van der Waals surface area contributed by atoms with Gasteiger partial charge in [-0.05, 0) is 50.3 Å². The van der Waals surface area contributed by atoms with E-state index in [1.54, 1.807) is 10.6 Å². The molecule has 3 saturated heterocycles. The number of nitrogens with zero attached hydrogens (tertiary/aromatic N) is 3. The van der Waals surface area contributed by atoms with E-state index in [0.717, 1.165) is 38.2 Å². The first-order chi connectivity index (χ1) is 13.6. The fourth-order valence-corrected chi connectivity index (χ4v) is 4.75. The van der Waals surface area contributed by atoms with Crippen LogP contribution in [0.25, 0.3) is 0 Å². The van der Waals surface area contributed by atoms with Gasteiger partial charge in [-0.15, -0.1) is 0 Å². The molecule has 2 atom stereocenters. The molecule has 4 heterocycles. The third-order valence-corrected chi connectivity index (χ3v) is 6.28. The van der Waals surface area contributed by atoms with Crippen molar-refractivity contribution in [1.29, 1.82) is 0 Å². The van der Waals surface area contributed by atoms with Crippen LogP contribution in [0, 0.1) is 12.8 Å². The highest BCUT2D eigenvalue weighted by molar-refractivity contribution is 5.94. The zero-order chi connectivity index (χ0) is 19.7. The standard InChI is InChI=1S/C23H29N3O2/c1-3-26-17(2)9-12-21(23(26)28)22(27)25-15-19-10-11-20(16-25)24(14-19)13-18-7-5-4-6-8-18/h4-9,12,19-20H,3,10-11,13-16H2,1-2H3. The Bertz CT molecular complexity index is 906. The van der Waals surface area contributed by atoms with E-state index in [9.17, 15) is 9.59 Å². The molecule has 5 heteroatoms. The topological polar surface area (TPSA) is 45.6 Å². The molecule has 3 aliphatic rings. The molecule has 5 nitrogen and oxygen atoms in total. The highest BCUT2D eigenvalue weighted by Gasteiger charge is 2.37. The summed E-state index contributed by atoms with van der Waals surface area (Å²) in [6.45, 7) is 7.85. The predicted octanol–water partition coefficient (Wildman–Crippen LogP) is 2.91. The molecule has 0 radical (unpaired) electrons. The first-order valence-corrected chi connectivity index (χ1v) is 10.3. The average Bonchev–Trinajstić information content (AvgIpc) is 3.01. The van der Waals surface area contributed by atoms with Crippen molar-refractivity contribution >= 4 is 5.91 Å². The van der Waals surface area contributed by atoms with Crippen molar-refractivity contribution in [1.82, 2.24) is 14.4 Å². The third-order valence-electron chi connectivity index (χ3n) is 6.28. The summed E-state index contributed by atoms with van der Waals surface area (Å²) in [6.07, 6.45) is 2.28. The van der Waals surface area contributed by atoms with Crippen LogP contribution >= 0.6 is 0 Å². The molecule has 2 aromatic rings. The van der Waals surface area contributed by atoms with Gasteiger partial charge in [-0.1, -0.05) is 30.3 Å². The van der Waals surface area contributed by atoms with Crippen LogP contribution < -0.4 is 5.56 Å². The molecule has 0 saturated carbocycles. The molecule has 0 spiro atoms. The minimum Gasteiger partial charge on any atom is -0.337 e. The normalized spacial score (nSPS) is 22.3. The minimum atomic E-state index is -0.162. The largest absolute Gasteiger partial charge is 0.337 e. The summed E-state index contributed by atoms with van der Waals surface area (Å²) in [5.74, 6) is 0.371. The van der Waals surface area contributed by atoms with E-state index < -0.39 is 0 Å². The summed E-state index contributed by atoms with van der Waals surface area (Å²) in [5.41, 5.74) is 2.36. The molecule has 0 N–H and O–H groups in total. The molecule has 1 aromatic heterocycles. The van der Waals surface area contributed by atoms with Gasteiger partial charge in [-0.3, -0.25) is 14.5 Å². The van der Waals surface area contributed by atoms with Gasteiger partial charge in [-0.25, -0.2) is 0 Å². The van der Waals surface area contributed by atoms with Gasteiger partial charge in [0.2, 0.25) is 0 Å². The number of aromatic nitrogens is 1. The van der Waals surface area contributed by atoms with Crippen LogP contribution in [0.4, 0.5) is 0 Å². The van der Waals surface area contributed by atoms with E-state index >= 15 is 0 Å². The van der Waals surface area contributed by atoms with Crippen molar-refractivity contribution < 1.29 is 4.79 Å². The maximum absolute atomic E-state index is 13.2. The zero-order valence-corrected chi connectivity index (χ0v) is 16.8. The summed E-state index contributed by atoms with van der Waals surface area (Å²) in [6, 6.07) is 14.5. The molecule has 148 valence electrons. The Morgan fingerprint density at radius 2 is 1.82 bits per heavy atom. The first kappa shape index (κ1) is 18.9. The number of hydrogen-bond acceptors (Lipinski definition) is 3. The molecule has 2 unspecified atom stereocenters. The Balaban J connectivity index is 1.55. The van der Waals surface area contributed by atoms with Gasteiger partial charge >= 0.3 is 0 Å². The lowest BCUT2D eigenvalue weighted by Crippen LogP contribution is -2.44. The van der Waals surface area contributed by atoms with Crippen molar-refractivity contribution in [2.24, 2.45) is 5.92 Å². The maximum atomic E-state index is 13.2. The number of carbonyl (C=O) groups excluding carboxylic acids is 1. The van der Waals surface area contributed by atoms with Gasteiger partial charge in [-0.2, -0.15) is 0 Å². The van der Waals surface area contributed by atoms with E-state index in [1.807, 2.05) is 30.9 Å². The molecule has 3 fully saturated rings. The molecule has 1 amide bonds. The van der Waals surface area contributed by atoms with Crippen LogP contribution in [0.15, 0.2) is 47.3 Å². The average molecular weight is 380 g/mol. The summed E-state index contributed by atoms with van der Waals surface area (Å²) in [7, 11) is 0. The van der Waals surface area contributed by atoms with E-state index in [1.165, 1.54) is 5.56 Å². The number of fused-ring (bicyclic) bond motifs is 4. The van der Waals surface area contributed by atoms with Crippen LogP contribution in [-0.2, 0) is 13.1 Å². The lowest BCUT2D eigenvalue weighted by atomic mass is 9.94. The maximum Gasteiger partial charge on any atom is 0.263 e. The van der Waals surface area contributed by atoms with Gasteiger partial charge in [0.15, 0.2) is 0 Å². The number of rotatable bonds is 4. The van der Waals surface area contributed by atoms with Gasteiger partial charge in [0.25, 0.3) is 11.5 Å². The van der Waals surface area contributed by atoms with Crippen molar-refractivity contribution in [3.63, 3.8) is 0 Å². The minimum absolute atomic E-state index is 0.106. The van der Waals surface area contributed by atoms with Gasteiger partial charge < -0.3 is 9.47 Å². The highest BCUT2D eigenvalue weighted by atomic mass is 16.2. The number of pyridine rings is 1. The molecule has 5 rings (SSSR count). The molecular formula is C23H29N3O2. The Kier molecular flexibility index (Phi) is 5.36.